The Morgan fingerprint density at radius 1 is 1.21 bits per heavy atom. The number of amides is 1. The molecule has 13 heteroatoms. The highest BCUT2D eigenvalue weighted by Crippen LogP contribution is 2.19. The fraction of sp³-hybridized carbons (Fsp3) is 0.143. The van der Waals surface area contributed by atoms with Crippen LogP contribution in [0.15, 0.2) is 71.4 Å². The van der Waals surface area contributed by atoms with Gasteiger partial charge >= 0.3 is 0 Å². The Bertz CT molecular complexity index is 1380. The molecule has 12 nitrogen and oxygen atoms in total. The molecular formula is C21H19N9O3S. The predicted molar refractivity (Wildman–Crippen MR) is 126 cm³/mol. The minimum Gasteiger partial charge on any atom is -0.301 e. The SMILES string of the molecule is C=CCn1c(Cn2nnc3ccccc32)nnc1SCC(=O)N/N=C\c1cccc([N+](=O)[O-])c1. The van der Waals surface area contributed by atoms with Gasteiger partial charge in [-0.3, -0.25) is 14.9 Å². The Hall–Kier alpha value is -4.39. The van der Waals surface area contributed by atoms with E-state index in [0.29, 0.717) is 29.6 Å². The Morgan fingerprint density at radius 3 is 2.88 bits per heavy atom. The maximum absolute atomic E-state index is 12.2. The van der Waals surface area contributed by atoms with Crippen molar-refractivity contribution in [2.75, 3.05) is 5.75 Å². The normalized spacial score (nSPS) is 11.2. The highest BCUT2D eigenvalue weighted by atomic mass is 32.2. The minimum absolute atomic E-state index is 0.0494. The van der Waals surface area contributed by atoms with Crippen LogP contribution in [-0.2, 0) is 17.9 Å². The minimum atomic E-state index is -0.494. The molecular weight excluding hydrogens is 458 g/mol. The molecule has 1 amide bonds. The van der Waals surface area contributed by atoms with Gasteiger partial charge in [-0.2, -0.15) is 5.10 Å². The van der Waals surface area contributed by atoms with Crippen molar-refractivity contribution < 1.29 is 9.72 Å². The average Bonchev–Trinajstić information content (AvgIpc) is 3.42. The lowest BCUT2D eigenvalue weighted by molar-refractivity contribution is -0.384. The van der Waals surface area contributed by atoms with Gasteiger partial charge < -0.3 is 4.57 Å². The molecule has 2 heterocycles. The van der Waals surface area contributed by atoms with E-state index < -0.39 is 4.92 Å². The van der Waals surface area contributed by atoms with Crippen molar-refractivity contribution in [3.8, 4) is 0 Å². The molecule has 0 radical (unpaired) electrons. The number of fused-ring (bicyclic) bond motifs is 1. The first-order valence-corrected chi connectivity index (χ1v) is 11.0. The molecule has 0 aliphatic rings. The molecule has 4 aromatic rings. The summed E-state index contributed by atoms with van der Waals surface area (Å²) < 4.78 is 3.59. The van der Waals surface area contributed by atoms with Crippen LogP contribution in [0, 0.1) is 10.1 Å². The van der Waals surface area contributed by atoms with E-state index in [1.165, 1.54) is 30.1 Å². The van der Waals surface area contributed by atoms with E-state index in [9.17, 15) is 14.9 Å². The van der Waals surface area contributed by atoms with Gasteiger partial charge in [0.25, 0.3) is 11.6 Å². The number of non-ortho nitro benzene ring substituents is 1. The lowest BCUT2D eigenvalue weighted by Crippen LogP contribution is -2.20. The van der Waals surface area contributed by atoms with E-state index in [-0.39, 0.29) is 17.3 Å². The number of nitro groups is 1. The van der Waals surface area contributed by atoms with Crippen molar-refractivity contribution in [1.82, 2.24) is 35.2 Å². The number of carbonyl (C=O) groups excluding carboxylic acids is 1. The zero-order chi connectivity index (χ0) is 23.9. The number of rotatable bonds is 10. The smallest absolute Gasteiger partial charge is 0.270 e. The van der Waals surface area contributed by atoms with E-state index in [2.05, 4.69) is 37.6 Å². The Kier molecular flexibility index (Phi) is 7.03. The van der Waals surface area contributed by atoms with E-state index in [4.69, 9.17) is 0 Å². The Balaban J connectivity index is 1.38. The van der Waals surface area contributed by atoms with E-state index in [0.717, 1.165) is 11.0 Å². The summed E-state index contributed by atoms with van der Waals surface area (Å²) >= 11 is 1.21. The van der Waals surface area contributed by atoms with Crippen LogP contribution in [0.5, 0.6) is 0 Å². The van der Waals surface area contributed by atoms with Crippen molar-refractivity contribution in [3.05, 3.63) is 82.7 Å². The molecule has 4 rings (SSSR count). The number of aromatic nitrogens is 6. The largest absolute Gasteiger partial charge is 0.301 e. The van der Waals surface area contributed by atoms with Gasteiger partial charge in [-0.15, -0.1) is 21.9 Å². The Morgan fingerprint density at radius 2 is 2.06 bits per heavy atom. The van der Waals surface area contributed by atoms with Gasteiger partial charge in [0.05, 0.1) is 22.4 Å². The molecule has 0 aliphatic carbocycles. The molecule has 0 aliphatic heterocycles. The molecule has 0 saturated carbocycles. The molecule has 172 valence electrons. The lowest BCUT2D eigenvalue weighted by Gasteiger charge is -2.07. The number of hydrogen-bond acceptors (Lipinski definition) is 9. The fourth-order valence-electron chi connectivity index (χ4n) is 3.08. The lowest BCUT2D eigenvalue weighted by atomic mass is 10.2. The van der Waals surface area contributed by atoms with Gasteiger partial charge in [0, 0.05) is 24.2 Å². The van der Waals surface area contributed by atoms with Crippen LogP contribution in [0.2, 0.25) is 0 Å². The number of hydrazone groups is 1. The van der Waals surface area contributed by atoms with Gasteiger partial charge in [-0.25, -0.2) is 10.1 Å². The van der Waals surface area contributed by atoms with Crippen LogP contribution >= 0.6 is 11.8 Å². The zero-order valence-corrected chi connectivity index (χ0v) is 18.6. The molecule has 2 aromatic carbocycles. The van der Waals surface area contributed by atoms with Crippen LogP contribution in [0.4, 0.5) is 5.69 Å². The number of benzene rings is 2. The molecule has 0 unspecified atom stereocenters. The van der Waals surface area contributed by atoms with Gasteiger partial charge in [0.15, 0.2) is 11.0 Å². The summed E-state index contributed by atoms with van der Waals surface area (Å²) in [7, 11) is 0. The van der Waals surface area contributed by atoms with Gasteiger partial charge in [-0.05, 0) is 12.1 Å². The number of nitrogens with one attached hydrogen (secondary N) is 1. The van der Waals surface area contributed by atoms with Crippen molar-refractivity contribution in [2.45, 2.75) is 18.2 Å². The maximum Gasteiger partial charge on any atom is 0.270 e. The number of carbonyl (C=O) groups is 1. The number of nitrogens with zero attached hydrogens (tertiary/aromatic N) is 8. The second-order valence-electron chi connectivity index (χ2n) is 6.97. The van der Waals surface area contributed by atoms with Crippen molar-refractivity contribution in [1.29, 1.82) is 0 Å². The van der Waals surface area contributed by atoms with Gasteiger partial charge in [-0.1, -0.05) is 47.3 Å². The van der Waals surface area contributed by atoms with Crippen LogP contribution in [0.3, 0.4) is 0 Å². The summed E-state index contributed by atoms with van der Waals surface area (Å²) in [6.45, 7) is 4.61. The average molecular weight is 478 g/mol. The number of para-hydroxylation sites is 1. The third kappa shape index (κ3) is 5.32. The summed E-state index contributed by atoms with van der Waals surface area (Å²) in [6, 6.07) is 13.6. The third-order valence-corrected chi connectivity index (χ3v) is 5.60. The maximum atomic E-state index is 12.2. The second-order valence-corrected chi connectivity index (χ2v) is 7.91. The highest BCUT2D eigenvalue weighted by Gasteiger charge is 2.15. The van der Waals surface area contributed by atoms with Gasteiger partial charge in [0.1, 0.15) is 12.1 Å². The predicted octanol–water partition coefficient (Wildman–Crippen LogP) is 2.41. The summed E-state index contributed by atoms with van der Waals surface area (Å²) in [6.07, 6.45) is 3.07. The number of allylic oxidation sites excluding steroid dienone is 1. The number of hydrogen-bond donors (Lipinski definition) is 1. The molecule has 0 atom stereocenters. The number of nitro benzene ring substituents is 1. The standard InChI is InChI=1S/C21H19N9O3S/c1-2-10-28-19(13-29-18-9-4-3-8-17(18)23-27-29)24-26-21(28)34-14-20(31)25-22-12-15-6-5-7-16(11-15)30(32)33/h2-9,11-12H,1,10,13-14H2,(H,25,31)/b22-12-. The molecule has 2 aromatic heterocycles. The topological polar surface area (TPSA) is 146 Å². The molecule has 0 bridgehead atoms. The van der Waals surface area contributed by atoms with Crippen molar-refractivity contribution in [3.63, 3.8) is 0 Å². The zero-order valence-electron chi connectivity index (χ0n) is 17.8. The second kappa shape index (κ2) is 10.5. The monoisotopic (exact) mass is 477 g/mol. The molecule has 0 saturated heterocycles. The molecule has 0 fully saturated rings. The van der Waals surface area contributed by atoms with Crippen LogP contribution in [0.25, 0.3) is 11.0 Å². The van der Waals surface area contributed by atoms with Crippen molar-refractivity contribution >= 4 is 40.6 Å². The fourth-order valence-corrected chi connectivity index (χ4v) is 3.84. The summed E-state index contributed by atoms with van der Waals surface area (Å²) in [4.78, 5) is 22.6. The summed E-state index contributed by atoms with van der Waals surface area (Å²) in [5, 5.41) is 32.1. The molecule has 0 spiro atoms. The van der Waals surface area contributed by atoms with Crippen LogP contribution in [0.1, 0.15) is 11.4 Å². The Labute approximate surface area is 197 Å². The van der Waals surface area contributed by atoms with E-state index >= 15 is 0 Å². The van der Waals surface area contributed by atoms with Crippen molar-refractivity contribution in [2.24, 2.45) is 5.10 Å². The molecule has 1 N–H and O–H groups in total. The van der Waals surface area contributed by atoms with Crippen LogP contribution < -0.4 is 5.43 Å². The van der Waals surface area contributed by atoms with Gasteiger partial charge in [0.2, 0.25) is 0 Å². The first-order chi connectivity index (χ1) is 16.5. The third-order valence-electron chi connectivity index (χ3n) is 4.63. The van der Waals surface area contributed by atoms with Crippen LogP contribution in [-0.4, -0.2) is 52.6 Å². The number of thioether (sulfide) groups is 1. The quantitative estimate of drug-likeness (QED) is 0.120. The first-order valence-electron chi connectivity index (χ1n) is 10.1. The highest BCUT2D eigenvalue weighted by molar-refractivity contribution is 7.99. The summed E-state index contributed by atoms with van der Waals surface area (Å²) in [5.41, 5.74) is 4.52. The first kappa shape index (κ1) is 22.8. The van der Waals surface area contributed by atoms with E-state index in [1.807, 2.05) is 28.8 Å². The molecule has 34 heavy (non-hydrogen) atoms. The summed E-state index contributed by atoms with van der Waals surface area (Å²) in [5.74, 6) is 0.346. The van der Waals surface area contributed by atoms with E-state index in [1.54, 1.807) is 22.9 Å².